The molecule has 6 unspecified atom stereocenters. The van der Waals surface area contributed by atoms with Crippen molar-refractivity contribution in [2.24, 2.45) is 4.99 Å². The van der Waals surface area contributed by atoms with Gasteiger partial charge in [-0.05, 0) is 42.7 Å². The number of ether oxygens (including phenoxy) is 1. The molecule has 6 rings (SSSR count). The Morgan fingerprint density at radius 1 is 0.981 bits per heavy atom. The lowest BCUT2D eigenvalue weighted by Gasteiger charge is -2.37. The number of nitrogens with two attached hydrogens (primary N) is 1. The standard InChI is InChI=1S/C25H26Cl2N6O15P4/c1-25(2)14-7-12(3-5-16(14)32-17-8-15(26)22(34)20(27)19(17)25)45-50(37,38)47-52(41,42)48-51(39,40)46-49(35,36)43-9-13-4-6-18(44-13)33-11-31-21-23(28)29-10-30-24(21)33/h3,5,7-8,10-11,13,18H,4,6,9H2,1-2H3,(H,35,36)(H,37,38)(H,39,40)(H,41,42)(H2,28,29,30)/p-4. The largest absolute Gasteiger partial charge is 0.756 e. The summed E-state index contributed by atoms with van der Waals surface area (Å²) in [5.41, 5.74) is 6.43. The molecule has 1 saturated heterocycles. The third-order valence-corrected chi connectivity index (χ3v) is 14.0. The van der Waals surface area contributed by atoms with Gasteiger partial charge in [0, 0.05) is 11.0 Å². The Bertz CT molecular complexity index is 2300. The number of anilines is 1. The van der Waals surface area contributed by atoms with Gasteiger partial charge < -0.3 is 39.1 Å². The quantitative estimate of drug-likeness (QED) is 0.202. The Kier molecular flexibility index (Phi) is 10.4. The normalized spacial score (nSPS) is 24.5. The number of nitrogen functional groups attached to an aromatic ring is 1. The molecule has 0 bridgehead atoms. The molecule has 0 saturated carbocycles. The van der Waals surface area contributed by atoms with Gasteiger partial charge >= 0.3 is 7.82 Å². The smallest absolute Gasteiger partial charge is 0.326 e. The van der Waals surface area contributed by atoms with Gasteiger partial charge in [-0.15, -0.1) is 0 Å². The first kappa shape index (κ1) is 39.0. The van der Waals surface area contributed by atoms with E-state index in [0.717, 1.165) is 12.1 Å². The van der Waals surface area contributed by atoms with E-state index in [9.17, 15) is 42.6 Å². The summed E-state index contributed by atoms with van der Waals surface area (Å²) >= 11 is 12.2. The molecule has 4 heterocycles. The number of ketones is 1. The summed E-state index contributed by atoms with van der Waals surface area (Å²) in [6.45, 7) is 2.49. The number of rotatable bonds is 12. The van der Waals surface area contributed by atoms with Crippen molar-refractivity contribution < 1.29 is 69.3 Å². The lowest BCUT2D eigenvalue weighted by molar-refractivity contribution is -0.253. The zero-order valence-corrected chi connectivity index (χ0v) is 31.3. The second kappa shape index (κ2) is 13.9. The number of hydrogen-bond donors (Lipinski definition) is 1. The maximum absolute atomic E-state index is 12.5. The van der Waals surface area contributed by atoms with Crippen molar-refractivity contribution in [1.82, 2.24) is 19.5 Å². The first-order valence-electron chi connectivity index (χ1n) is 14.4. The number of phosphoric acid groups is 4. The monoisotopic (exact) mass is 840 g/mol. The van der Waals surface area contributed by atoms with Crippen molar-refractivity contribution >= 4 is 88.7 Å². The lowest BCUT2D eigenvalue weighted by Crippen LogP contribution is -2.32. The SMILES string of the molecule is CC1(C)C2=C(Cl)C(=O)C(Cl)=CC2=Nc2ccc(OP(=O)([O-])OP(=O)([O-])OP(=O)([O-])OP(=O)([O-])OCC3CCC(n4cnc5c(N)ncnc54)O3)cc21. The van der Waals surface area contributed by atoms with Crippen molar-refractivity contribution in [3.05, 3.63) is 58.1 Å². The number of Topliss-reactive ketones (excluding diaryl/α,β-unsaturated/α-hetero) is 1. The topological polar surface area (TPSA) is 315 Å². The van der Waals surface area contributed by atoms with Gasteiger partial charge in [0.15, 0.2) is 11.5 Å². The van der Waals surface area contributed by atoms with Crippen LogP contribution in [0.3, 0.4) is 0 Å². The number of fused-ring (bicyclic) bond motifs is 3. The van der Waals surface area contributed by atoms with Crippen LogP contribution in [0.2, 0.25) is 0 Å². The highest BCUT2D eigenvalue weighted by atomic mass is 35.5. The molecule has 0 radical (unpaired) electrons. The fourth-order valence-electron chi connectivity index (χ4n) is 5.54. The van der Waals surface area contributed by atoms with Gasteiger partial charge in [-0.2, -0.15) is 0 Å². The van der Waals surface area contributed by atoms with E-state index >= 15 is 0 Å². The average Bonchev–Trinajstić information content (AvgIpc) is 3.65. The van der Waals surface area contributed by atoms with Crippen LogP contribution in [-0.2, 0) is 50.7 Å². The number of nitrogens with zero attached hydrogens (tertiary/aromatic N) is 5. The first-order chi connectivity index (χ1) is 24.1. The number of phosphoric ester groups is 2. The summed E-state index contributed by atoms with van der Waals surface area (Å²) < 4.78 is 77.0. The second-order valence-electron chi connectivity index (χ2n) is 11.6. The number of carbonyl (C=O) groups excluding carboxylic acids is 1. The zero-order chi connectivity index (χ0) is 38.0. The molecule has 6 atom stereocenters. The van der Waals surface area contributed by atoms with Crippen LogP contribution in [-0.4, -0.2) is 43.7 Å². The van der Waals surface area contributed by atoms with E-state index in [1.54, 1.807) is 13.8 Å². The number of benzene rings is 1. The third kappa shape index (κ3) is 8.20. The summed E-state index contributed by atoms with van der Waals surface area (Å²) in [5.74, 6) is -1.08. The highest BCUT2D eigenvalue weighted by molar-refractivity contribution is 7.68. The first-order valence-corrected chi connectivity index (χ1v) is 21.0. The maximum atomic E-state index is 12.5. The van der Waals surface area contributed by atoms with Crippen molar-refractivity contribution in [2.75, 3.05) is 12.3 Å². The lowest BCUT2D eigenvalue weighted by atomic mass is 9.71. The van der Waals surface area contributed by atoms with Crippen LogP contribution >= 0.6 is 54.5 Å². The minimum absolute atomic E-state index is 0.120. The Balaban J connectivity index is 1.06. The van der Waals surface area contributed by atoms with E-state index in [1.807, 2.05) is 0 Å². The molecule has 2 N–H and O–H groups in total. The minimum atomic E-state index is -6.47. The Labute approximate surface area is 302 Å². The molecule has 3 aromatic rings. The molecule has 1 aromatic carbocycles. The van der Waals surface area contributed by atoms with Crippen LogP contribution in [0.1, 0.15) is 38.5 Å². The maximum Gasteiger partial charge on any atom is 0.326 e. The van der Waals surface area contributed by atoms with Crippen molar-refractivity contribution in [1.29, 1.82) is 0 Å². The van der Waals surface area contributed by atoms with E-state index in [4.69, 9.17) is 38.2 Å². The number of aliphatic imine (C=N–C) groups is 1. The predicted octanol–water partition coefficient (Wildman–Crippen LogP) is 2.67. The predicted molar refractivity (Wildman–Crippen MR) is 172 cm³/mol. The molecule has 52 heavy (non-hydrogen) atoms. The molecule has 0 amide bonds. The Morgan fingerprint density at radius 2 is 1.65 bits per heavy atom. The van der Waals surface area contributed by atoms with Gasteiger partial charge in [-0.3, -0.25) is 27.6 Å². The summed E-state index contributed by atoms with van der Waals surface area (Å²) in [7, 11) is -24.8. The summed E-state index contributed by atoms with van der Waals surface area (Å²) in [6.07, 6.45) is 2.84. The number of hydrogen-bond acceptors (Lipinski definition) is 20. The van der Waals surface area contributed by atoms with E-state index < -0.39 is 67.2 Å². The van der Waals surface area contributed by atoms with Crippen LogP contribution in [0.25, 0.3) is 11.2 Å². The van der Waals surface area contributed by atoms with E-state index in [0.29, 0.717) is 17.6 Å². The molecule has 280 valence electrons. The molecule has 0 spiro atoms. The Morgan fingerprint density at radius 3 is 2.37 bits per heavy atom. The number of halogens is 2. The van der Waals surface area contributed by atoms with Crippen LogP contribution < -0.4 is 29.8 Å². The second-order valence-corrected chi connectivity index (χ2v) is 18.4. The fourth-order valence-corrected chi connectivity index (χ4v) is 11.0. The highest BCUT2D eigenvalue weighted by Gasteiger charge is 2.41. The van der Waals surface area contributed by atoms with Gasteiger partial charge in [0.2, 0.25) is 5.78 Å². The van der Waals surface area contributed by atoms with E-state index in [1.165, 1.54) is 29.4 Å². The van der Waals surface area contributed by atoms with E-state index in [-0.39, 0.29) is 44.8 Å². The molecular weight excluding hydrogens is 819 g/mol. The van der Waals surface area contributed by atoms with Gasteiger partial charge in [-0.25, -0.2) is 32.9 Å². The van der Waals surface area contributed by atoms with Gasteiger partial charge in [0.1, 0.15) is 23.8 Å². The van der Waals surface area contributed by atoms with Gasteiger partial charge in [0.25, 0.3) is 23.5 Å². The molecule has 2 aromatic heterocycles. The number of carbonyl (C=O) groups is 1. The van der Waals surface area contributed by atoms with Crippen LogP contribution in [0.5, 0.6) is 5.75 Å². The number of imidazole rings is 1. The molecule has 2 aliphatic heterocycles. The molecule has 21 nitrogen and oxygen atoms in total. The third-order valence-electron chi connectivity index (χ3n) is 7.68. The van der Waals surface area contributed by atoms with Crippen molar-refractivity contribution in [2.45, 2.75) is 44.4 Å². The zero-order valence-electron chi connectivity index (χ0n) is 26.2. The minimum Gasteiger partial charge on any atom is -0.756 e. The van der Waals surface area contributed by atoms with Gasteiger partial charge in [-0.1, -0.05) is 37.0 Å². The van der Waals surface area contributed by atoms with Crippen molar-refractivity contribution in [3.63, 3.8) is 0 Å². The summed E-state index contributed by atoms with van der Waals surface area (Å²) in [6, 6.07) is 3.49. The molecule has 3 aliphatic rings. The summed E-state index contributed by atoms with van der Waals surface area (Å²) in [5, 5.41) is -0.398. The molecule has 1 aliphatic carbocycles. The molecular formula is C25H22Cl2N6O15P4-4. The Hall–Kier alpha value is -2.67. The number of allylic oxidation sites excluding steroid dienone is 4. The van der Waals surface area contributed by atoms with Crippen LogP contribution in [0.4, 0.5) is 11.5 Å². The molecule has 1 fully saturated rings. The number of aromatic nitrogens is 4. The summed E-state index contributed by atoms with van der Waals surface area (Å²) in [4.78, 5) is 78.0. The van der Waals surface area contributed by atoms with Crippen molar-refractivity contribution in [3.8, 4) is 5.75 Å². The molecule has 27 heteroatoms. The van der Waals surface area contributed by atoms with Gasteiger partial charge in [0.05, 0.1) is 40.5 Å². The highest BCUT2D eigenvalue weighted by Crippen LogP contribution is 2.67. The average molecular weight is 841 g/mol. The fraction of sp³-hybridized carbons (Fsp3) is 0.320. The van der Waals surface area contributed by atoms with E-state index in [2.05, 4.69) is 37.4 Å². The van der Waals surface area contributed by atoms with Crippen LogP contribution in [0, 0.1) is 0 Å². The van der Waals surface area contributed by atoms with Crippen LogP contribution in [0.15, 0.2) is 57.6 Å².